The molecule has 8 unspecified atom stereocenters. The molecule has 0 aromatic rings. The molecular formula is C27H50O. The lowest BCUT2D eigenvalue weighted by Gasteiger charge is -2.62. The van der Waals surface area contributed by atoms with Crippen LogP contribution in [0.4, 0.5) is 0 Å². The maximum Gasteiger partial charge on any atom is 0.133 e. The van der Waals surface area contributed by atoms with Gasteiger partial charge in [0.15, 0.2) is 0 Å². The molecule has 0 spiro atoms. The van der Waals surface area contributed by atoms with E-state index in [4.69, 9.17) is 0 Å². The van der Waals surface area contributed by atoms with Crippen LogP contribution in [0.5, 0.6) is 0 Å². The van der Waals surface area contributed by atoms with Gasteiger partial charge in [-0.3, -0.25) is 4.79 Å². The van der Waals surface area contributed by atoms with Crippen LogP contribution >= 0.6 is 0 Å². The lowest BCUT2D eigenvalue weighted by atomic mass is 9.43. The summed E-state index contributed by atoms with van der Waals surface area (Å²) < 4.78 is 0. The third kappa shape index (κ3) is 3.74. The molecular weight excluding hydrogens is 340 g/mol. The lowest BCUT2D eigenvalue weighted by molar-refractivity contribution is -0.139. The monoisotopic (exact) mass is 390 g/mol. The third-order valence-electron chi connectivity index (χ3n) is 9.78. The van der Waals surface area contributed by atoms with E-state index < -0.39 is 0 Å². The van der Waals surface area contributed by atoms with Gasteiger partial charge in [-0.1, -0.05) is 54.9 Å². The Bertz CT molecular complexity index is 510. The number of carbonyl (C=O) groups is 1. The van der Waals surface area contributed by atoms with E-state index in [-0.39, 0.29) is 0 Å². The van der Waals surface area contributed by atoms with Crippen LogP contribution in [0.25, 0.3) is 0 Å². The Morgan fingerprint density at radius 1 is 0.893 bits per heavy atom. The summed E-state index contributed by atoms with van der Waals surface area (Å²) >= 11 is 0. The Hall–Kier alpha value is -0.330. The summed E-state index contributed by atoms with van der Waals surface area (Å²) in [6.45, 7) is 17.3. The van der Waals surface area contributed by atoms with Crippen molar-refractivity contribution in [2.45, 2.75) is 120 Å². The van der Waals surface area contributed by atoms with E-state index in [1.807, 2.05) is 34.6 Å². The van der Waals surface area contributed by atoms with Gasteiger partial charge in [0.05, 0.1) is 0 Å². The molecule has 4 fully saturated rings. The van der Waals surface area contributed by atoms with Gasteiger partial charge >= 0.3 is 0 Å². The molecule has 0 bridgehead atoms. The summed E-state index contributed by atoms with van der Waals surface area (Å²) in [5, 5.41) is 0. The van der Waals surface area contributed by atoms with Crippen molar-refractivity contribution in [3.8, 4) is 0 Å². The molecule has 0 aromatic heterocycles. The molecule has 4 saturated carbocycles. The molecule has 0 N–H and O–H groups in total. The fourth-order valence-corrected chi connectivity index (χ4v) is 8.64. The van der Waals surface area contributed by atoms with Gasteiger partial charge in [0.2, 0.25) is 0 Å². The predicted octanol–water partition coefficient (Wildman–Crippen LogP) is 8.31. The van der Waals surface area contributed by atoms with E-state index in [0.29, 0.717) is 22.5 Å². The van der Waals surface area contributed by atoms with Crippen LogP contribution < -0.4 is 0 Å². The first kappa shape index (κ1) is 23.9. The normalized spacial score (nSPS) is 46.6. The van der Waals surface area contributed by atoms with Gasteiger partial charge in [-0.15, -0.1) is 0 Å². The molecule has 8 atom stereocenters. The van der Waals surface area contributed by atoms with E-state index in [1.165, 1.54) is 64.2 Å². The number of hydrogen-bond acceptors (Lipinski definition) is 1. The minimum atomic E-state index is 0.330. The van der Waals surface area contributed by atoms with Gasteiger partial charge in [-0.25, -0.2) is 0 Å². The standard InChI is InChI=1S/C23H38O.2C2H6/c1-5-23-13-10-15(2)14-17(23)6-7-18-20-9-8-19(16(3)24)22(20,4)12-11-21(18)23;2*1-2/h15,17-21H,5-14H2,1-4H3;2*1-2H3. The molecule has 0 amide bonds. The second kappa shape index (κ2) is 9.65. The van der Waals surface area contributed by atoms with Crippen molar-refractivity contribution in [2.75, 3.05) is 0 Å². The summed E-state index contributed by atoms with van der Waals surface area (Å²) in [5.41, 5.74) is 0.988. The Kier molecular flexibility index (Phi) is 8.25. The smallest absolute Gasteiger partial charge is 0.133 e. The van der Waals surface area contributed by atoms with Crippen molar-refractivity contribution in [3.05, 3.63) is 0 Å². The molecule has 0 radical (unpaired) electrons. The van der Waals surface area contributed by atoms with Crippen LogP contribution in [0.1, 0.15) is 120 Å². The molecule has 1 heteroatoms. The first-order chi connectivity index (χ1) is 13.4. The Balaban J connectivity index is 0.000000660. The molecule has 0 aromatic carbocycles. The average molecular weight is 391 g/mol. The minimum absolute atomic E-state index is 0.330. The number of rotatable bonds is 2. The average Bonchev–Trinajstić information content (AvgIpc) is 3.08. The molecule has 0 saturated heterocycles. The molecule has 0 aliphatic heterocycles. The first-order valence-electron chi connectivity index (χ1n) is 12.9. The third-order valence-corrected chi connectivity index (χ3v) is 9.78. The van der Waals surface area contributed by atoms with Crippen LogP contribution in [0.3, 0.4) is 0 Å². The van der Waals surface area contributed by atoms with Gasteiger partial charge in [0.1, 0.15) is 5.78 Å². The highest BCUT2D eigenvalue weighted by Crippen LogP contribution is 2.68. The zero-order valence-electron chi connectivity index (χ0n) is 20.4. The second-order valence-corrected chi connectivity index (χ2v) is 10.4. The fourth-order valence-electron chi connectivity index (χ4n) is 8.64. The van der Waals surface area contributed by atoms with Crippen molar-refractivity contribution in [2.24, 2.45) is 46.3 Å². The second-order valence-electron chi connectivity index (χ2n) is 10.4. The van der Waals surface area contributed by atoms with Crippen molar-refractivity contribution in [3.63, 3.8) is 0 Å². The maximum absolute atomic E-state index is 12.2. The summed E-state index contributed by atoms with van der Waals surface area (Å²) in [6.07, 6.45) is 14.1. The number of fused-ring (bicyclic) bond motifs is 5. The van der Waals surface area contributed by atoms with Crippen molar-refractivity contribution in [1.82, 2.24) is 0 Å². The molecule has 164 valence electrons. The largest absolute Gasteiger partial charge is 0.300 e. The molecule has 4 aliphatic rings. The Morgan fingerprint density at radius 3 is 2.18 bits per heavy atom. The van der Waals surface area contributed by atoms with Gasteiger partial charge in [-0.05, 0) is 105 Å². The van der Waals surface area contributed by atoms with E-state index >= 15 is 0 Å². The summed E-state index contributed by atoms with van der Waals surface area (Å²) in [7, 11) is 0. The van der Waals surface area contributed by atoms with Gasteiger partial charge in [0.25, 0.3) is 0 Å². The van der Waals surface area contributed by atoms with E-state index in [9.17, 15) is 4.79 Å². The molecule has 0 heterocycles. The quantitative estimate of drug-likeness (QED) is 0.463. The van der Waals surface area contributed by atoms with Crippen LogP contribution in [0.15, 0.2) is 0 Å². The number of Topliss-reactive ketones (excluding diaryl/α,β-unsaturated/α-hetero) is 1. The number of hydrogen-bond donors (Lipinski definition) is 0. The van der Waals surface area contributed by atoms with E-state index in [1.54, 1.807) is 0 Å². The molecule has 28 heavy (non-hydrogen) atoms. The van der Waals surface area contributed by atoms with Crippen LogP contribution in [-0.4, -0.2) is 5.78 Å². The fraction of sp³-hybridized carbons (Fsp3) is 0.963. The highest BCUT2D eigenvalue weighted by atomic mass is 16.1. The molecule has 4 rings (SSSR count). The highest BCUT2D eigenvalue weighted by Gasteiger charge is 2.61. The van der Waals surface area contributed by atoms with Crippen molar-refractivity contribution in [1.29, 1.82) is 0 Å². The highest BCUT2D eigenvalue weighted by molar-refractivity contribution is 5.79. The van der Waals surface area contributed by atoms with Gasteiger partial charge in [-0.2, -0.15) is 0 Å². The number of carbonyl (C=O) groups excluding carboxylic acids is 1. The summed E-state index contributed by atoms with van der Waals surface area (Å²) in [5.74, 6) is 5.54. The van der Waals surface area contributed by atoms with Gasteiger partial charge < -0.3 is 0 Å². The Labute approximate surface area is 176 Å². The molecule has 1 nitrogen and oxygen atoms in total. The van der Waals surface area contributed by atoms with E-state index in [2.05, 4.69) is 20.8 Å². The van der Waals surface area contributed by atoms with Crippen molar-refractivity contribution >= 4 is 5.78 Å². The SMILES string of the molecule is CC.CC.CCC12CCC(C)CC1CCC1C3CCC(C(C)=O)C3(C)CCC12. The maximum atomic E-state index is 12.2. The predicted molar refractivity (Wildman–Crippen MR) is 122 cm³/mol. The van der Waals surface area contributed by atoms with Crippen molar-refractivity contribution < 1.29 is 4.79 Å². The van der Waals surface area contributed by atoms with Gasteiger partial charge in [0, 0.05) is 5.92 Å². The minimum Gasteiger partial charge on any atom is -0.300 e. The lowest BCUT2D eigenvalue weighted by Crippen LogP contribution is -2.54. The molecule has 4 aliphatic carbocycles. The summed E-state index contributed by atoms with van der Waals surface area (Å²) in [6, 6.07) is 0. The zero-order chi connectivity index (χ0) is 21.1. The summed E-state index contributed by atoms with van der Waals surface area (Å²) in [4.78, 5) is 12.2. The first-order valence-corrected chi connectivity index (χ1v) is 12.9. The number of ketones is 1. The van der Waals surface area contributed by atoms with Crippen LogP contribution in [-0.2, 0) is 4.79 Å². The van der Waals surface area contributed by atoms with Crippen LogP contribution in [0.2, 0.25) is 0 Å². The Morgan fingerprint density at radius 2 is 1.57 bits per heavy atom. The topological polar surface area (TPSA) is 17.1 Å². The zero-order valence-corrected chi connectivity index (χ0v) is 20.4. The van der Waals surface area contributed by atoms with E-state index in [0.717, 1.165) is 29.6 Å². The van der Waals surface area contributed by atoms with Crippen LogP contribution in [0, 0.1) is 46.3 Å².